The maximum absolute atomic E-state index is 11.5. The van der Waals surface area contributed by atoms with E-state index in [4.69, 9.17) is 5.11 Å². The summed E-state index contributed by atoms with van der Waals surface area (Å²) in [7, 11) is 0. The molecule has 0 spiro atoms. The summed E-state index contributed by atoms with van der Waals surface area (Å²) in [6.07, 6.45) is 2.95. The van der Waals surface area contributed by atoms with E-state index in [0.29, 0.717) is 0 Å². The monoisotopic (exact) mass is 218 g/mol. The van der Waals surface area contributed by atoms with Crippen LogP contribution in [0.4, 0.5) is 4.79 Å². The van der Waals surface area contributed by atoms with Crippen molar-refractivity contribution in [2.24, 2.45) is 0 Å². The highest BCUT2D eigenvalue weighted by Crippen LogP contribution is 2.17. The van der Waals surface area contributed by atoms with Crippen LogP contribution in [0.25, 0.3) is 0 Å². The molecule has 2 N–H and O–H groups in total. The maximum Gasteiger partial charge on any atom is 0.317 e. The molecule has 2 unspecified atom stereocenters. The van der Waals surface area contributed by atoms with E-state index in [9.17, 15) is 4.79 Å². The Hall–Kier alpha value is -0.420. The smallest absolute Gasteiger partial charge is 0.317 e. The van der Waals surface area contributed by atoms with Gasteiger partial charge in [0, 0.05) is 24.4 Å². The minimum Gasteiger partial charge on any atom is -0.395 e. The van der Waals surface area contributed by atoms with Crippen LogP contribution in [0.15, 0.2) is 0 Å². The van der Waals surface area contributed by atoms with Crippen LogP contribution in [0.3, 0.4) is 0 Å². The van der Waals surface area contributed by atoms with Crippen molar-refractivity contribution in [3.05, 3.63) is 0 Å². The molecule has 0 aromatic carbocycles. The van der Waals surface area contributed by atoms with Crippen molar-refractivity contribution >= 4 is 17.8 Å². The van der Waals surface area contributed by atoms with Crippen molar-refractivity contribution < 1.29 is 9.90 Å². The molecule has 14 heavy (non-hydrogen) atoms. The van der Waals surface area contributed by atoms with Crippen molar-refractivity contribution in [2.75, 3.05) is 26.0 Å². The fraction of sp³-hybridized carbons (Fsp3) is 0.889. The van der Waals surface area contributed by atoms with E-state index in [1.165, 1.54) is 0 Å². The van der Waals surface area contributed by atoms with Gasteiger partial charge in [0.2, 0.25) is 0 Å². The van der Waals surface area contributed by atoms with Crippen molar-refractivity contribution in [3.63, 3.8) is 0 Å². The first-order valence-corrected chi connectivity index (χ1v) is 6.17. The van der Waals surface area contributed by atoms with Crippen LogP contribution in [0.1, 0.15) is 13.3 Å². The highest BCUT2D eigenvalue weighted by Gasteiger charge is 2.27. The summed E-state index contributed by atoms with van der Waals surface area (Å²) in [5.41, 5.74) is 0. The molecule has 1 saturated heterocycles. The number of hydrogen-bond donors (Lipinski definition) is 2. The fourth-order valence-electron chi connectivity index (χ4n) is 1.66. The number of amides is 2. The zero-order valence-electron chi connectivity index (χ0n) is 8.69. The van der Waals surface area contributed by atoms with Crippen LogP contribution < -0.4 is 5.32 Å². The molecule has 0 aliphatic carbocycles. The van der Waals surface area contributed by atoms with E-state index in [1.807, 2.05) is 13.2 Å². The average Bonchev–Trinajstić information content (AvgIpc) is 2.20. The van der Waals surface area contributed by atoms with Crippen molar-refractivity contribution in [1.29, 1.82) is 0 Å². The molecular weight excluding hydrogens is 200 g/mol. The SMILES string of the molecule is CSC(CO)C(C)N1CCCNC1=O. The molecule has 1 fully saturated rings. The van der Waals surface area contributed by atoms with Gasteiger partial charge < -0.3 is 15.3 Å². The Balaban J connectivity index is 2.56. The molecule has 5 heteroatoms. The lowest BCUT2D eigenvalue weighted by Crippen LogP contribution is -2.53. The second-order valence-corrected chi connectivity index (χ2v) is 4.55. The molecule has 1 rings (SSSR count). The summed E-state index contributed by atoms with van der Waals surface area (Å²) in [4.78, 5) is 13.3. The minimum absolute atomic E-state index is 0.00347. The highest BCUT2D eigenvalue weighted by atomic mass is 32.2. The van der Waals surface area contributed by atoms with Gasteiger partial charge in [0.15, 0.2) is 0 Å². The van der Waals surface area contributed by atoms with E-state index in [-0.39, 0.29) is 23.9 Å². The third-order valence-electron chi connectivity index (χ3n) is 2.63. The summed E-state index contributed by atoms with van der Waals surface area (Å²) in [5, 5.41) is 12.1. The molecule has 1 aliphatic rings. The van der Waals surface area contributed by atoms with E-state index in [1.54, 1.807) is 16.7 Å². The number of carbonyl (C=O) groups excluding carboxylic acids is 1. The van der Waals surface area contributed by atoms with Crippen LogP contribution in [-0.4, -0.2) is 53.3 Å². The lowest BCUT2D eigenvalue weighted by Gasteiger charge is -2.36. The van der Waals surface area contributed by atoms with Gasteiger partial charge in [0.25, 0.3) is 0 Å². The molecule has 1 aliphatic heterocycles. The molecule has 0 aromatic rings. The molecule has 1 heterocycles. The fourth-order valence-corrected chi connectivity index (χ4v) is 2.35. The highest BCUT2D eigenvalue weighted by molar-refractivity contribution is 7.99. The van der Waals surface area contributed by atoms with E-state index in [0.717, 1.165) is 19.5 Å². The predicted octanol–water partition coefficient (Wildman–Crippen LogP) is 0.514. The normalized spacial score (nSPS) is 21.6. The second kappa shape index (κ2) is 5.46. The molecule has 2 atom stereocenters. The summed E-state index contributed by atoms with van der Waals surface area (Å²) in [6, 6.07) is 0.0894. The van der Waals surface area contributed by atoms with Crippen LogP contribution in [-0.2, 0) is 0 Å². The summed E-state index contributed by atoms with van der Waals surface area (Å²) in [5.74, 6) is 0. The van der Waals surface area contributed by atoms with Gasteiger partial charge in [0.05, 0.1) is 6.61 Å². The van der Waals surface area contributed by atoms with Gasteiger partial charge in [-0.3, -0.25) is 0 Å². The number of thioether (sulfide) groups is 1. The third-order valence-corrected chi connectivity index (χ3v) is 3.77. The standard InChI is InChI=1S/C9H18N2O2S/c1-7(8(6-12)14-2)11-5-3-4-10-9(11)13/h7-8,12H,3-6H2,1-2H3,(H,10,13). The second-order valence-electron chi connectivity index (χ2n) is 3.48. The lowest BCUT2D eigenvalue weighted by molar-refractivity contribution is 0.154. The van der Waals surface area contributed by atoms with Crippen LogP contribution in [0.5, 0.6) is 0 Å². The molecular formula is C9H18N2O2S. The van der Waals surface area contributed by atoms with Gasteiger partial charge in [-0.2, -0.15) is 11.8 Å². The first-order valence-electron chi connectivity index (χ1n) is 4.88. The number of aliphatic hydroxyl groups excluding tert-OH is 1. The zero-order chi connectivity index (χ0) is 10.6. The Bertz CT molecular complexity index is 197. The van der Waals surface area contributed by atoms with Gasteiger partial charge in [-0.25, -0.2) is 4.79 Å². The Morgan fingerprint density at radius 3 is 2.93 bits per heavy atom. The predicted molar refractivity (Wildman–Crippen MR) is 58.6 cm³/mol. The molecule has 82 valence electrons. The summed E-state index contributed by atoms with van der Waals surface area (Å²) in [6.45, 7) is 3.67. The zero-order valence-corrected chi connectivity index (χ0v) is 9.51. The molecule has 0 saturated carbocycles. The maximum atomic E-state index is 11.5. The number of urea groups is 1. The van der Waals surface area contributed by atoms with Crippen molar-refractivity contribution in [1.82, 2.24) is 10.2 Å². The lowest BCUT2D eigenvalue weighted by atomic mass is 10.2. The van der Waals surface area contributed by atoms with E-state index < -0.39 is 0 Å². The largest absolute Gasteiger partial charge is 0.395 e. The quantitative estimate of drug-likeness (QED) is 0.723. The average molecular weight is 218 g/mol. The number of hydrogen-bond acceptors (Lipinski definition) is 3. The van der Waals surface area contributed by atoms with Gasteiger partial charge >= 0.3 is 6.03 Å². The van der Waals surface area contributed by atoms with Gasteiger partial charge in [-0.15, -0.1) is 0 Å². The first kappa shape index (κ1) is 11.7. The van der Waals surface area contributed by atoms with Crippen LogP contribution >= 0.6 is 11.8 Å². The van der Waals surface area contributed by atoms with Crippen molar-refractivity contribution in [2.45, 2.75) is 24.6 Å². The number of aliphatic hydroxyl groups is 1. The van der Waals surface area contributed by atoms with Crippen LogP contribution in [0.2, 0.25) is 0 Å². The number of rotatable bonds is 4. The molecule has 0 radical (unpaired) electrons. The molecule has 0 bridgehead atoms. The summed E-state index contributed by atoms with van der Waals surface area (Å²) >= 11 is 1.60. The number of carbonyl (C=O) groups is 1. The molecule has 0 aromatic heterocycles. The minimum atomic E-state index is -0.00347. The topological polar surface area (TPSA) is 52.6 Å². The Morgan fingerprint density at radius 1 is 1.71 bits per heavy atom. The van der Waals surface area contributed by atoms with E-state index in [2.05, 4.69) is 5.32 Å². The van der Waals surface area contributed by atoms with Gasteiger partial charge in [0.1, 0.15) is 0 Å². The van der Waals surface area contributed by atoms with E-state index >= 15 is 0 Å². The first-order chi connectivity index (χ1) is 6.70. The third kappa shape index (κ3) is 2.54. The van der Waals surface area contributed by atoms with Crippen LogP contribution in [0, 0.1) is 0 Å². The molecule has 4 nitrogen and oxygen atoms in total. The van der Waals surface area contributed by atoms with Gasteiger partial charge in [-0.1, -0.05) is 0 Å². The Morgan fingerprint density at radius 2 is 2.43 bits per heavy atom. The van der Waals surface area contributed by atoms with Gasteiger partial charge in [-0.05, 0) is 19.6 Å². The summed E-state index contributed by atoms with van der Waals surface area (Å²) < 4.78 is 0. The Kier molecular flexibility index (Phi) is 4.54. The van der Waals surface area contributed by atoms with Crippen molar-refractivity contribution in [3.8, 4) is 0 Å². The number of nitrogens with zero attached hydrogens (tertiary/aromatic N) is 1. The number of nitrogens with one attached hydrogen (secondary N) is 1. The Labute approximate surface area is 89.0 Å². The molecule has 2 amide bonds.